The van der Waals surface area contributed by atoms with Gasteiger partial charge in [0.25, 0.3) is 0 Å². The summed E-state index contributed by atoms with van der Waals surface area (Å²) in [5.41, 5.74) is 3.83. The Kier molecular flexibility index (Phi) is 9.38. The second kappa shape index (κ2) is 13.9. The van der Waals surface area contributed by atoms with E-state index in [9.17, 15) is 9.59 Å². The van der Waals surface area contributed by atoms with Gasteiger partial charge in [-0.15, -0.1) is 0 Å². The van der Waals surface area contributed by atoms with Gasteiger partial charge in [-0.05, 0) is 37.1 Å². The second-order valence-corrected chi connectivity index (χ2v) is 13.5. The molecule has 4 N–H and O–H groups in total. The van der Waals surface area contributed by atoms with Crippen molar-refractivity contribution in [3.8, 4) is 28.4 Å². The molecule has 0 aliphatic carbocycles. The molecule has 14 heteroatoms. The predicted octanol–water partition coefficient (Wildman–Crippen LogP) is 5.24. The lowest BCUT2D eigenvalue weighted by molar-refractivity contribution is -0.121. The molecule has 11 nitrogen and oxygen atoms in total. The molecule has 1 aromatic carbocycles. The first-order chi connectivity index (χ1) is 23.7. The lowest BCUT2D eigenvalue weighted by Gasteiger charge is -2.48. The topological polar surface area (TPSA) is 133 Å². The molecular formula is C35H35Cl2FN8O3. The molecule has 0 radical (unpaired) electrons. The van der Waals surface area contributed by atoms with Crippen LogP contribution in [0.2, 0.25) is 10.0 Å². The molecule has 6 heterocycles. The first kappa shape index (κ1) is 33.2. The number of aromatic nitrogens is 3. The Bertz CT molecular complexity index is 1920. The minimum Gasteiger partial charge on any atom is -0.481 e. The molecule has 3 aliphatic heterocycles. The second-order valence-electron chi connectivity index (χ2n) is 12.7. The van der Waals surface area contributed by atoms with E-state index in [4.69, 9.17) is 32.9 Å². The monoisotopic (exact) mass is 704 g/mol. The highest BCUT2D eigenvalue weighted by Gasteiger charge is 2.47. The highest BCUT2D eigenvalue weighted by Crippen LogP contribution is 2.41. The number of nitrogens with one attached hydrogen (secondary N) is 4. The number of amides is 2. The van der Waals surface area contributed by atoms with Crippen LogP contribution < -0.4 is 26.0 Å². The molecule has 2 amide bonds. The molecule has 4 aromatic rings. The molecule has 0 bridgehead atoms. The zero-order valence-electron chi connectivity index (χ0n) is 26.8. The van der Waals surface area contributed by atoms with Crippen molar-refractivity contribution in [3.05, 3.63) is 81.8 Å². The summed E-state index contributed by atoms with van der Waals surface area (Å²) in [7, 11) is 1.56. The van der Waals surface area contributed by atoms with Crippen molar-refractivity contribution in [1.82, 2.24) is 35.8 Å². The molecule has 3 fully saturated rings. The quantitative estimate of drug-likeness (QED) is 0.166. The maximum atomic E-state index is 15.7. The van der Waals surface area contributed by atoms with Gasteiger partial charge >= 0.3 is 0 Å². The number of pyridine rings is 3. The number of carbonyl (C=O) groups is 2. The van der Waals surface area contributed by atoms with Crippen molar-refractivity contribution in [2.75, 3.05) is 32.1 Å². The zero-order valence-corrected chi connectivity index (χ0v) is 28.3. The first-order valence-electron chi connectivity index (χ1n) is 16.1. The minimum atomic E-state index is -0.470. The molecule has 3 aliphatic rings. The van der Waals surface area contributed by atoms with Crippen LogP contribution in [0.5, 0.6) is 5.88 Å². The summed E-state index contributed by atoms with van der Waals surface area (Å²) >= 11 is 13.9. The Morgan fingerprint density at radius 2 is 1.84 bits per heavy atom. The number of nitrogens with zero attached hydrogens (tertiary/aromatic N) is 4. The van der Waals surface area contributed by atoms with Crippen LogP contribution in [0, 0.1) is 5.82 Å². The van der Waals surface area contributed by atoms with Crippen LogP contribution >= 0.6 is 23.2 Å². The molecule has 1 spiro atoms. The fourth-order valence-corrected chi connectivity index (χ4v) is 7.35. The fraction of sp³-hybridized carbons (Fsp3) is 0.343. The van der Waals surface area contributed by atoms with Crippen LogP contribution in [-0.4, -0.2) is 70.0 Å². The van der Waals surface area contributed by atoms with E-state index in [0.29, 0.717) is 95.3 Å². The minimum absolute atomic E-state index is 0.0487. The normalized spacial score (nSPS) is 18.3. The van der Waals surface area contributed by atoms with Crippen molar-refractivity contribution in [3.63, 3.8) is 0 Å². The number of hydrogen-bond acceptors (Lipinski definition) is 9. The van der Waals surface area contributed by atoms with Crippen molar-refractivity contribution in [2.45, 2.75) is 50.4 Å². The lowest BCUT2D eigenvalue weighted by atomic mass is 9.88. The van der Waals surface area contributed by atoms with Crippen molar-refractivity contribution in [2.24, 2.45) is 0 Å². The van der Waals surface area contributed by atoms with Gasteiger partial charge < -0.3 is 26.0 Å². The summed E-state index contributed by atoms with van der Waals surface area (Å²) in [5.74, 6) is 0.190. The number of likely N-dealkylation sites (tertiary alicyclic amines) is 1. The Morgan fingerprint density at radius 1 is 1.00 bits per heavy atom. The summed E-state index contributed by atoms with van der Waals surface area (Å²) < 4.78 is 21.3. The molecule has 3 aromatic heterocycles. The summed E-state index contributed by atoms with van der Waals surface area (Å²) in [4.78, 5) is 38.8. The van der Waals surface area contributed by atoms with Gasteiger partial charge in [-0.2, -0.15) is 0 Å². The summed E-state index contributed by atoms with van der Waals surface area (Å²) in [5, 5.41) is 13.1. The predicted molar refractivity (Wildman–Crippen MR) is 185 cm³/mol. The van der Waals surface area contributed by atoms with E-state index >= 15 is 4.39 Å². The number of rotatable bonds is 11. The Labute approximate surface area is 293 Å². The number of halogens is 3. The fourth-order valence-electron chi connectivity index (χ4n) is 6.78. The number of hydrogen-bond donors (Lipinski definition) is 4. The van der Waals surface area contributed by atoms with E-state index < -0.39 is 5.82 Å². The number of ether oxygens (including phenoxy) is 1. The van der Waals surface area contributed by atoms with E-state index in [1.807, 2.05) is 12.1 Å². The summed E-state index contributed by atoms with van der Waals surface area (Å²) in [6.45, 7) is 2.95. The van der Waals surface area contributed by atoms with Gasteiger partial charge in [0.05, 0.1) is 39.8 Å². The Morgan fingerprint density at radius 3 is 2.59 bits per heavy atom. The molecule has 0 unspecified atom stereocenters. The number of anilines is 2. The molecule has 1 atom stereocenters. The standard InChI is InChI=1S/C35H35Cl2FN8O3/c1-49-34-20(15-39-16-22-6-8-27(47)42-22)5-7-25(44-34)23-11-14-40-32(30(23)37)24-3-2-4-26(29(24)36)43-33-31(38)21(10-13-41-33)17-46-18-35(19-46)12-9-28(48)45-35/h2-5,7,10-11,13-14,22,39H,6,8-9,12,15-19H2,1H3,(H,41,43)(H,42,47)(H,45,48)/t22-/m0/s1. The highest BCUT2D eigenvalue weighted by atomic mass is 35.5. The van der Waals surface area contributed by atoms with E-state index in [-0.39, 0.29) is 29.2 Å². The van der Waals surface area contributed by atoms with Crippen LogP contribution in [0.25, 0.3) is 22.5 Å². The first-order valence-corrected chi connectivity index (χ1v) is 16.9. The molecule has 0 saturated carbocycles. The third-order valence-corrected chi connectivity index (χ3v) is 10.0. The third-order valence-electron chi connectivity index (χ3n) is 9.25. The molecule has 254 valence electrons. The van der Waals surface area contributed by atoms with Gasteiger partial charge in [0.15, 0.2) is 11.6 Å². The lowest BCUT2D eigenvalue weighted by Crippen LogP contribution is -2.66. The molecule has 7 rings (SSSR count). The van der Waals surface area contributed by atoms with Gasteiger partial charge in [0.1, 0.15) is 0 Å². The van der Waals surface area contributed by atoms with Crippen LogP contribution in [-0.2, 0) is 22.7 Å². The van der Waals surface area contributed by atoms with Crippen LogP contribution in [0.1, 0.15) is 36.8 Å². The van der Waals surface area contributed by atoms with Gasteiger partial charge in [-0.25, -0.2) is 14.4 Å². The van der Waals surface area contributed by atoms with Crippen LogP contribution in [0.3, 0.4) is 0 Å². The molecule has 49 heavy (non-hydrogen) atoms. The van der Waals surface area contributed by atoms with Crippen LogP contribution in [0.4, 0.5) is 15.9 Å². The third kappa shape index (κ3) is 6.91. The maximum Gasteiger partial charge on any atom is 0.220 e. The highest BCUT2D eigenvalue weighted by molar-refractivity contribution is 6.39. The molecule has 3 saturated heterocycles. The summed E-state index contributed by atoms with van der Waals surface area (Å²) in [6, 6.07) is 12.7. The van der Waals surface area contributed by atoms with E-state index in [1.54, 1.807) is 49.8 Å². The van der Waals surface area contributed by atoms with Gasteiger partial charge in [-0.3, -0.25) is 19.5 Å². The SMILES string of the molecule is COc1nc(-c2ccnc(-c3cccc(Nc4nccc(CN5CC6(CCC(=O)N6)C5)c4F)c3Cl)c2Cl)ccc1CNC[C@@H]1CCC(=O)N1. The van der Waals surface area contributed by atoms with E-state index in [1.165, 1.54) is 0 Å². The number of carbonyl (C=O) groups excluding carboxylic acids is 2. The summed E-state index contributed by atoms with van der Waals surface area (Å²) in [6.07, 6.45) is 5.91. The zero-order chi connectivity index (χ0) is 34.1. The van der Waals surface area contributed by atoms with Gasteiger partial charge in [0, 0.05) is 86.3 Å². The maximum absolute atomic E-state index is 15.7. The smallest absolute Gasteiger partial charge is 0.220 e. The van der Waals surface area contributed by atoms with Crippen molar-refractivity contribution < 1.29 is 18.7 Å². The number of benzene rings is 1. The molecular weight excluding hydrogens is 670 g/mol. The van der Waals surface area contributed by atoms with Gasteiger partial charge in [-0.1, -0.05) is 41.4 Å². The van der Waals surface area contributed by atoms with Crippen molar-refractivity contribution >= 4 is 46.5 Å². The van der Waals surface area contributed by atoms with Gasteiger partial charge in [0.2, 0.25) is 17.7 Å². The Balaban J connectivity index is 1.07. The van der Waals surface area contributed by atoms with Crippen molar-refractivity contribution in [1.29, 1.82) is 0 Å². The largest absolute Gasteiger partial charge is 0.481 e. The average Bonchev–Trinajstić information content (AvgIpc) is 3.69. The Hall–Kier alpha value is -4.36. The average molecular weight is 706 g/mol. The van der Waals surface area contributed by atoms with E-state index in [2.05, 4.69) is 36.1 Å². The van der Waals surface area contributed by atoms with Crippen LogP contribution in [0.15, 0.2) is 54.9 Å². The number of methoxy groups -OCH3 is 1. The van der Waals surface area contributed by atoms with E-state index in [0.717, 1.165) is 18.4 Å².